The Bertz CT molecular complexity index is 710. The lowest BCUT2D eigenvalue weighted by molar-refractivity contribution is -0.187. The van der Waals surface area contributed by atoms with Gasteiger partial charge in [-0.25, -0.2) is 0 Å². The van der Waals surface area contributed by atoms with E-state index in [1.165, 1.54) is 0 Å². The van der Waals surface area contributed by atoms with Gasteiger partial charge in [-0.15, -0.1) is 0 Å². The fourth-order valence-corrected chi connectivity index (χ4v) is 3.29. The second-order valence-corrected chi connectivity index (χ2v) is 6.14. The van der Waals surface area contributed by atoms with E-state index in [1.807, 2.05) is 30.3 Å². The highest BCUT2D eigenvalue weighted by Crippen LogP contribution is 2.51. The minimum Gasteiger partial charge on any atom is -0.766 e. The van der Waals surface area contributed by atoms with Gasteiger partial charge in [-0.05, 0) is 29.3 Å². The molecule has 0 saturated carbocycles. The lowest BCUT2D eigenvalue weighted by atomic mass is 9.99. The Hall–Kier alpha value is -1.54. The van der Waals surface area contributed by atoms with Crippen molar-refractivity contribution in [3.8, 4) is 5.75 Å². The summed E-state index contributed by atoms with van der Waals surface area (Å²) >= 11 is 5.97. The van der Waals surface area contributed by atoms with Crippen LogP contribution in [0, 0.1) is 0 Å². The van der Waals surface area contributed by atoms with Gasteiger partial charge in [0.1, 0.15) is 5.75 Å². The van der Waals surface area contributed by atoms with Gasteiger partial charge in [-0.1, -0.05) is 41.9 Å². The molecule has 1 atom stereocenters. The first-order chi connectivity index (χ1) is 9.05. The fraction of sp³-hybridized carbons (Fsp3) is 0. The molecule has 0 bridgehead atoms. The standard InChI is InChI=1S/C14H10ClO3P/c15-11-6-7-14-12(8-11)13(9-19(16,17)18-14)10-4-2-1-3-5-10/h1-9H,(H,16,17)/p-1. The number of halogens is 1. The zero-order chi connectivity index (χ0) is 13.5. The van der Waals surface area contributed by atoms with E-state index < -0.39 is 7.60 Å². The Morgan fingerprint density at radius 1 is 1.11 bits per heavy atom. The van der Waals surface area contributed by atoms with Crippen molar-refractivity contribution in [3.05, 3.63) is 70.5 Å². The van der Waals surface area contributed by atoms with Crippen molar-refractivity contribution in [2.24, 2.45) is 0 Å². The number of hydrogen-bond acceptors (Lipinski definition) is 3. The van der Waals surface area contributed by atoms with Crippen LogP contribution in [0.5, 0.6) is 5.75 Å². The van der Waals surface area contributed by atoms with Crippen LogP contribution < -0.4 is 9.42 Å². The van der Waals surface area contributed by atoms with E-state index in [0.29, 0.717) is 21.9 Å². The first-order valence-electron chi connectivity index (χ1n) is 5.64. The molecule has 19 heavy (non-hydrogen) atoms. The molecule has 1 aliphatic heterocycles. The topological polar surface area (TPSA) is 49.4 Å². The predicted octanol–water partition coefficient (Wildman–Crippen LogP) is 3.68. The van der Waals surface area contributed by atoms with Gasteiger partial charge in [0, 0.05) is 16.4 Å². The van der Waals surface area contributed by atoms with E-state index in [1.54, 1.807) is 18.2 Å². The highest BCUT2D eigenvalue weighted by Gasteiger charge is 2.22. The maximum atomic E-state index is 11.8. The minimum atomic E-state index is -4.01. The van der Waals surface area contributed by atoms with Crippen molar-refractivity contribution < 1.29 is 14.0 Å². The summed E-state index contributed by atoms with van der Waals surface area (Å²) in [6, 6.07) is 14.2. The molecular formula is C14H9ClO3P-. The smallest absolute Gasteiger partial charge is 0.207 e. The number of rotatable bonds is 1. The molecule has 3 rings (SSSR count). The summed E-state index contributed by atoms with van der Waals surface area (Å²) in [7, 11) is -4.01. The first-order valence-corrected chi connectivity index (χ1v) is 7.63. The summed E-state index contributed by atoms with van der Waals surface area (Å²) < 4.78 is 16.8. The monoisotopic (exact) mass is 291 g/mol. The Labute approximate surface area is 115 Å². The van der Waals surface area contributed by atoms with Crippen LogP contribution in [0.3, 0.4) is 0 Å². The van der Waals surface area contributed by atoms with Gasteiger partial charge in [0.15, 0.2) is 0 Å². The van der Waals surface area contributed by atoms with Crippen molar-refractivity contribution in [3.63, 3.8) is 0 Å². The number of fused-ring (bicyclic) bond motifs is 1. The molecule has 1 heterocycles. The maximum absolute atomic E-state index is 11.8. The van der Waals surface area contributed by atoms with Crippen LogP contribution in [0.1, 0.15) is 11.1 Å². The van der Waals surface area contributed by atoms with E-state index in [9.17, 15) is 9.46 Å². The third-order valence-electron chi connectivity index (χ3n) is 2.83. The summed E-state index contributed by atoms with van der Waals surface area (Å²) in [6.45, 7) is 0. The maximum Gasteiger partial charge on any atom is 0.207 e. The summed E-state index contributed by atoms with van der Waals surface area (Å²) in [6.07, 6.45) is 0. The van der Waals surface area contributed by atoms with Crippen LogP contribution in [0.25, 0.3) is 5.57 Å². The van der Waals surface area contributed by atoms with Crippen molar-refractivity contribution in [1.29, 1.82) is 0 Å². The van der Waals surface area contributed by atoms with Crippen LogP contribution in [-0.2, 0) is 4.57 Å². The molecule has 2 aromatic carbocycles. The van der Waals surface area contributed by atoms with E-state index >= 15 is 0 Å². The van der Waals surface area contributed by atoms with Crippen molar-refractivity contribution >= 4 is 24.8 Å². The molecule has 5 heteroatoms. The molecule has 0 N–H and O–H groups in total. The van der Waals surface area contributed by atoms with Gasteiger partial charge >= 0.3 is 0 Å². The van der Waals surface area contributed by atoms with Gasteiger partial charge in [0.2, 0.25) is 7.60 Å². The lowest BCUT2D eigenvalue weighted by Gasteiger charge is -2.29. The van der Waals surface area contributed by atoms with Gasteiger partial charge in [-0.3, -0.25) is 4.57 Å². The second kappa shape index (κ2) is 4.53. The van der Waals surface area contributed by atoms with E-state index in [-0.39, 0.29) is 0 Å². The largest absolute Gasteiger partial charge is 0.766 e. The van der Waals surface area contributed by atoms with Crippen molar-refractivity contribution in [2.75, 3.05) is 0 Å². The summed E-state index contributed by atoms with van der Waals surface area (Å²) in [4.78, 5) is 11.8. The van der Waals surface area contributed by atoms with Crippen LogP contribution in [-0.4, -0.2) is 0 Å². The van der Waals surface area contributed by atoms with Crippen LogP contribution in [0.4, 0.5) is 0 Å². The zero-order valence-corrected chi connectivity index (χ0v) is 11.4. The van der Waals surface area contributed by atoms with Crippen molar-refractivity contribution in [2.45, 2.75) is 0 Å². The quantitative estimate of drug-likeness (QED) is 0.753. The van der Waals surface area contributed by atoms with Gasteiger partial charge < -0.3 is 9.42 Å². The Balaban J connectivity index is 2.24. The molecule has 1 aliphatic rings. The number of hydrogen-bond donors (Lipinski definition) is 0. The third kappa shape index (κ3) is 2.45. The summed E-state index contributed by atoms with van der Waals surface area (Å²) in [5, 5.41) is 0.534. The molecule has 0 radical (unpaired) electrons. The Kier molecular flexibility index (Phi) is 2.98. The van der Waals surface area contributed by atoms with E-state index in [0.717, 1.165) is 11.4 Å². The molecule has 3 nitrogen and oxygen atoms in total. The molecule has 0 spiro atoms. The van der Waals surface area contributed by atoms with Crippen molar-refractivity contribution in [1.82, 2.24) is 0 Å². The molecule has 0 aliphatic carbocycles. The highest BCUT2D eigenvalue weighted by atomic mass is 35.5. The van der Waals surface area contributed by atoms with Crippen LogP contribution in [0.15, 0.2) is 54.3 Å². The molecule has 96 valence electrons. The first kappa shape index (κ1) is 12.5. The molecule has 1 unspecified atom stereocenters. The molecule has 2 aromatic rings. The fourth-order valence-electron chi connectivity index (χ4n) is 2.03. The van der Waals surface area contributed by atoms with Crippen LogP contribution >= 0.6 is 19.2 Å². The summed E-state index contributed by atoms with van der Waals surface area (Å²) in [5.74, 6) is 1.46. The Morgan fingerprint density at radius 3 is 2.58 bits per heavy atom. The van der Waals surface area contributed by atoms with Gasteiger partial charge in [-0.2, -0.15) is 0 Å². The minimum absolute atomic E-state index is 0.309. The van der Waals surface area contributed by atoms with E-state index in [4.69, 9.17) is 16.1 Å². The highest BCUT2D eigenvalue weighted by molar-refractivity contribution is 7.55. The normalized spacial score (nSPS) is 21.3. The molecule has 0 aromatic heterocycles. The molecule has 0 amide bonds. The SMILES string of the molecule is O=P1([O-])C=C(c2ccccc2)c2cc(Cl)ccc2O1. The van der Waals surface area contributed by atoms with Gasteiger partial charge in [0.25, 0.3) is 0 Å². The van der Waals surface area contributed by atoms with Gasteiger partial charge in [0.05, 0.1) is 0 Å². The molecule has 0 saturated heterocycles. The van der Waals surface area contributed by atoms with E-state index in [2.05, 4.69) is 0 Å². The average Bonchev–Trinajstić information content (AvgIpc) is 2.39. The Morgan fingerprint density at radius 2 is 1.84 bits per heavy atom. The summed E-state index contributed by atoms with van der Waals surface area (Å²) in [5.41, 5.74) is 2.09. The molecule has 0 fully saturated rings. The zero-order valence-electron chi connectivity index (χ0n) is 9.75. The van der Waals surface area contributed by atoms with Crippen LogP contribution in [0.2, 0.25) is 5.02 Å². The number of benzene rings is 2. The lowest BCUT2D eigenvalue weighted by Crippen LogP contribution is -2.10. The second-order valence-electron chi connectivity index (χ2n) is 4.18. The predicted molar refractivity (Wildman–Crippen MR) is 73.2 cm³/mol. The third-order valence-corrected chi connectivity index (χ3v) is 4.09. The average molecular weight is 292 g/mol. The molecular weight excluding hydrogens is 283 g/mol.